The number of hydrogen-bond donors (Lipinski definition) is 1. The van der Waals surface area contributed by atoms with Gasteiger partial charge in [-0.2, -0.15) is 0 Å². The van der Waals surface area contributed by atoms with Gasteiger partial charge in [0.2, 0.25) is 0 Å². The van der Waals surface area contributed by atoms with E-state index in [9.17, 15) is 14.7 Å². The van der Waals surface area contributed by atoms with Crippen molar-refractivity contribution in [3.8, 4) is 0 Å². The van der Waals surface area contributed by atoms with Crippen molar-refractivity contribution in [3.63, 3.8) is 0 Å². The second-order valence-electron chi connectivity index (χ2n) is 13.0. The third kappa shape index (κ3) is 33.5. The van der Waals surface area contributed by atoms with Crippen LogP contribution in [0.4, 0.5) is 0 Å². The highest BCUT2D eigenvalue weighted by molar-refractivity contribution is 5.70. The molecule has 5 nitrogen and oxygen atoms in total. The van der Waals surface area contributed by atoms with Gasteiger partial charge in [-0.1, -0.05) is 167 Å². The van der Waals surface area contributed by atoms with Gasteiger partial charge in [-0.15, -0.1) is 0 Å². The first-order valence-electron chi connectivity index (χ1n) is 19.2. The molecular formula is C39H74O5. The fraction of sp³-hybridized carbons (Fsp3) is 0.897. The maximum Gasteiger partial charge on any atom is 0.306 e. The van der Waals surface area contributed by atoms with Gasteiger partial charge >= 0.3 is 11.9 Å². The first-order valence-corrected chi connectivity index (χ1v) is 19.2. The quantitative estimate of drug-likeness (QED) is 0.0432. The molecule has 0 aliphatic carbocycles. The minimum atomic E-state index is -0.767. The molecule has 0 radical (unpaired) electrons. The van der Waals surface area contributed by atoms with Crippen molar-refractivity contribution in [1.29, 1.82) is 0 Å². The van der Waals surface area contributed by atoms with Gasteiger partial charge in [-0.3, -0.25) is 9.59 Å². The van der Waals surface area contributed by atoms with E-state index in [1.54, 1.807) is 0 Å². The fourth-order valence-corrected chi connectivity index (χ4v) is 5.61. The van der Waals surface area contributed by atoms with Gasteiger partial charge in [0, 0.05) is 12.8 Å². The largest absolute Gasteiger partial charge is 0.462 e. The summed E-state index contributed by atoms with van der Waals surface area (Å²) in [6.07, 6.45) is 39.8. The van der Waals surface area contributed by atoms with E-state index in [0.29, 0.717) is 12.8 Å². The van der Waals surface area contributed by atoms with Gasteiger partial charge in [0.05, 0.1) is 6.61 Å². The number of rotatable bonds is 35. The lowest BCUT2D eigenvalue weighted by Crippen LogP contribution is -2.28. The number of ether oxygens (including phenoxy) is 2. The summed E-state index contributed by atoms with van der Waals surface area (Å²) in [5.74, 6) is -0.591. The first-order chi connectivity index (χ1) is 21.6. The van der Waals surface area contributed by atoms with Crippen molar-refractivity contribution in [2.24, 2.45) is 0 Å². The number of esters is 2. The molecule has 260 valence electrons. The number of carbonyl (C=O) groups is 2. The van der Waals surface area contributed by atoms with Gasteiger partial charge in [0.25, 0.3) is 0 Å². The molecule has 0 unspecified atom stereocenters. The Bertz CT molecular complexity index is 632. The second-order valence-corrected chi connectivity index (χ2v) is 13.0. The molecule has 0 saturated heterocycles. The smallest absolute Gasteiger partial charge is 0.306 e. The van der Waals surface area contributed by atoms with Crippen LogP contribution in [0.5, 0.6) is 0 Å². The van der Waals surface area contributed by atoms with E-state index in [4.69, 9.17) is 9.47 Å². The van der Waals surface area contributed by atoms with Crippen LogP contribution in [0.25, 0.3) is 0 Å². The van der Waals surface area contributed by atoms with Crippen molar-refractivity contribution in [2.45, 2.75) is 213 Å². The van der Waals surface area contributed by atoms with Crippen molar-refractivity contribution < 1.29 is 24.2 Å². The molecule has 0 saturated carbocycles. The Kier molecular flexibility index (Phi) is 35.0. The van der Waals surface area contributed by atoms with E-state index in [0.717, 1.165) is 44.9 Å². The number of hydrogen-bond acceptors (Lipinski definition) is 5. The van der Waals surface area contributed by atoms with Crippen LogP contribution in [-0.4, -0.2) is 36.4 Å². The summed E-state index contributed by atoms with van der Waals surface area (Å²) in [4.78, 5) is 24.2. The van der Waals surface area contributed by atoms with Crippen LogP contribution in [0.15, 0.2) is 12.2 Å². The van der Waals surface area contributed by atoms with E-state index >= 15 is 0 Å². The molecule has 5 heteroatoms. The second kappa shape index (κ2) is 36.1. The number of unbranched alkanes of at least 4 members (excludes halogenated alkanes) is 25. The molecule has 0 aromatic rings. The lowest BCUT2D eigenvalue weighted by atomic mass is 10.0. The highest BCUT2D eigenvalue weighted by Gasteiger charge is 2.16. The molecule has 0 aliphatic rings. The molecule has 1 N–H and O–H groups in total. The molecule has 0 spiro atoms. The number of aliphatic hydroxyl groups excluding tert-OH is 1. The zero-order valence-corrected chi connectivity index (χ0v) is 29.4. The molecule has 0 fully saturated rings. The Morgan fingerprint density at radius 3 is 1.23 bits per heavy atom. The number of aliphatic hydroxyl groups is 1. The SMILES string of the molecule is CCCCCCCC/C=C\CCCCCCCC(=O)OC[C@@H](CO)OC(=O)CCCCCCCCCCCCCCCCC. The average molecular weight is 623 g/mol. The predicted octanol–water partition coefficient (Wildman–Crippen LogP) is 11.7. The van der Waals surface area contributed by atoms with Gasteiger partial charge in [-0.25, -0.2) is 0 Å². The molecule has 0 heterocycles. The average Bonchev–Trinajstić information content (AvgIpc) is 3.02. The van der Waals surface area contributed by atoms with Crippen LogP contribution < -0.4 is 0 Å². The summed E-state index contributed by atoms with van der Waals surface area (Å²) < 4.78 is 10.6. The fourth-order valence-electron chi connectivity index (χ4n) is 5.61. The number of allylic oxidation sites excluding steroid dienone is 2. The minimum Gasteiger partial charge on any atom is -0.462 e. The van der Waals surface area contributed by atoms with Crippen LogP contribution in [0.3, 0.4) is 0 Å². The summed E-state index contributed by atoms with van der Waals surface area (Å²) in [5, 5.41) is 9.54. The Morgan fingerprint density at radius 1 is 0.500 bits per heavy atom. The minimum absolute atomic E-state index is 0.0645. The standard InChI is InChI=1S/C39H74O5/c1-3-5-7-9-11-13-15-17-19-21-23-25-27-29-31-33-38(41)43-36-37(35-40)44-39(42)34-32-30-28-26-24-22-20-18-16-14-12-10-8-6-4-2/h17,19,37,40H,3-16,18,20-36H2,1-2H3/b19-17-/t37-/m1/s1. The Hall–Kier alpha value is -1.36. The van der Waals surface area contributed by atoms with Crippen LogP contribution in [0.2, 0.25) is 0 Å². The van der Waals surface area contributed by atoms with Crippen molar-refractivity contribution >= 4 is 11.9 Å². The Morgan fingerprint density at radius 2 is 0.841 bits per heavy atom. The Balaban J connectivity index is 3.53. The van der Waals surface area contributed by atoms with Gasteiger partial charge in [0.15, 0.2) is 6.10 Å². The normalized spacial score (nSPS) is 12.2. The molecule has 44 heavy (non-hydrogen) atoms. The molecule has 0 aliphatic heterocycles. The Labute approximate surface area is 273 Å². The molecule has 0 aromatic heterocycles. The topological polar surface area (TPSA) is 72.8 Å². The van der Waals surface area contributed by atoms with Crippen LogP contribution in [0, 0.1) is 0 Å². The summed E-state index contributed by atoms with van der Waals surface area (Å²) in [7, 11) is 0. The summed E-state index contributed by atoms with van der Waals surface area (Å²) in [5.41, 5.74) is 0. The highest BCUT2D eigenvalue weighted by atomic mass is 16.6. The van der Waals surface area contributed by atoms with Crippen LogP contribution >= 0.6 is 0 Å². The van der Waals surface area contributed by atoms with Crippen LogP contribution in [0.1, 0.15) is 206 Å². The first kappa shape index (κ1) is 42.6. The maximum atomic E-state index is 12.1. The molecule has 1 atom stereocenters. The summed E-state index contributed by atoms with van der Waals surface area (Å²) in [6, 6.07) is 0. The lowest BCUT2D eigenvalue weighted by molar-refractivity contribution is -0.161. The van der Waals surface area contributed by atoms with E-state index in [1.807, 2.05) is 0 Å². The molecular weight excluding hydrogens is 548 g/mol. The van der Waals surface area contributed by atoms with Crippen molar-refractivity contribution in [2.75, 3.05) is 13.2 Å². The monoisotopic (exact) mass is 623 g/mol. The van der Waals surface area contributed by atoms with Crippen LogP contribution in [-0.2, 0) is 19.1 Å². The molecule has 0 rings (SSSR count). The molecule has 0 amide bonds. The molecule has 0 aromatic carbocycles. The third-order valence-electron chi connectivity index (χ3n) is 8.56. The maximum absolute atomic E-state index is 12.1. The zero-order valence-electron chi connectivity index (χ0n) is 29.4. The zero-order chi connectivity index (χ0) is 32.2. The van der Waals surface area contributed by atoms with E-state index in [1.165, 1.54) is 135 Å². The van der Waals surface area contributed by atoms with Crippen molar-refractivity contribution in [1.82, 2.24) is 0 Å². The van der Waals surface area contributed by atoms with E-state index in [2.05, 4.69) is 26.0 Å². The summed E-state index contributed by atoms with van der Waals surface area (Å²) in [6.45, 7) is 4.14. The van der Waals surface area contributed by atoms with E-state index in [-0.39, 0.29) is 25.2 Å². The van der Waals surface area contributed by atoms with Gasteiger partial charge in [-0.05, 0) is 38.5 Å². The van der Waals surface area contributed by atoms with Crippen molar-refractivity contribution in [3.05, 3.63) is 12.2 Å². The third-order valence-corrected chi connectivity index (χ3v) is 8.56. The lowest BCUT2D eigenvalue weighted by Gasteiger charge is -2.15. The van der Waals surface area contributed by atoms with Gasteiger partial charge in [0.1, 0.15) is 6.61 Å². The summed E-state index contributed by atoms with van der Waals surface area (Å²) >= 11 is 0. The number of carbonyl (C=O) groups excluding carboxylic acids is 2. The van der Waals surface area contributed by atoms with E-state index < -0.39 is 6.10 Å². The van der Waals surface area contributed by atoms with Gasteiger partial charge < -0.3 is 14.6 Å². The highest BCUT2D eigenvalue weighted by Crippen LogP contribution is 2.14. The molecule has 0 bridgehead atoms. The predicted molar refractivity (Wildman–Crippen MR) is 187 cm³/mol.